The minimum atomic E-state index is -0.641. The number of nitro benzene ring substituents is 1. The SMILES string of the molecule is CCC1(CNC(=O)c2cc(Cl)c(N)c([N+](=O)[O-])c2)CCC1. The van der Waals surface area contributed by atoms with E-state index in [1.54, 1.807) is 0 Å². The lowest BCUT2D eigenvalue weighted by Crippen LogP contribution is -2.41. The Balaban J connectivity index is 2.14. The summed E-state index contributed by atoms with van der Waals surface area (Å²) in [5, 5.41) is 13.8. The van der Waals surface area contributed by atoms with Crippen molar-refractivity contribution >= 4 is 28.9 Å². The Kier molecular flexibility index (Phi) is 4.37. The second kappa shape index (κ2) is 5.89. The quantitative estimate of drug-likeness (QED) is 0.496. The lowest BCUT2D eigenvalue weighted by Gasteiger charge is -2.41. The van der Waals surface area contributed by atoms with E-state index in [0.29, 0.717) is 6.54 Å². The maximum atomic E-state index is 12.2. The van der Waals surface area contributed by atoms with Crippen molar-refractivity contribution in [1.82, 2.24) is 5.32 Å². The van der Waals surface area contributed by atoms with Gasteiger partial charge in [-0.2, -0.15) is 0 Å². The highest BCUT2D eigenvalue weighted by atomic mass is 35.5. The van der Waals surface area contributed by atoms with Gasteiger partial charge in [-0.1, -0.05) is 24.9 Å². The van der Waals surface area contributed by atoms with Crippen LogP contribution in [0, 0.1) is 15.5 Å². The number of halogens is 1. The Morgan fingerprint density at radius 1 is 1.52 bits per heavy atom. The fraction of sp³-hybridized carbons (Fsp3) is 0.500. The molecule has 114 valence electrons. The molecule has 0 atom stereocenters. The molecule has 0 aliphatic heterocycles. The maximum absolute atomic E-state index is 12.2. The first-order chi connectivity index (χ1) is 9.88. The zero-order valence-corrected chi connectivity index (χ0v) is 12.6. The Morgan fingerprint density at radius 2 is 2.19 bits per heavy atom. The van der Waals surface area contributed by atoms with Crippen LogP contribution in [0.3, 0.4) is 0 Å². The predicted molar refractivity (Wildman–Crippen MR) is 81.4 cm³/mol. The molecule has 1 aliphatic carbocycles. The van der Waals surface area contributed by atoms with E-state index in [0.717, 1.165) is 25.3 Å². The molecule has 0 spiro atoms. The van der Waals surface area contributed by atoms with Crippen molar-refractivity contribution in [2.75, 3.05) is 12.3 Å². The molecule has 21 heavy (non-hydrogen) atoms. The van der Waals surface area contributed by atoms with E-state index in [1.165, 1.54) is 12.5 Å². The molecule has 0 unspecified atom stereocenters. The van der Waals surface area contributed by atoms with Crippen LogP contribution in [0.1, 0.15) is 43.0 Å². The van der Waals surface area contributed by atoms with Gasteiger partial charge in [0, 0.05) is 18.2 Å². The highest BCUT2D eigenvalue weighted by Gasteiger charge is 2.35. The average Bonchev–Trinajstić information content (AvgIpc) is 2.40. The van der Waals surface area contributed by atoms with Gasteiger partial charge in [0.2, 0.25) is 0 Å². The Hall–Kier alpha value is -1.82. The minimum Gasteiger partial charge on any atom is -0.392 e. The second-order valence-electron chi connectivity index (χ2n) is 5.54. The Bertz CT molecular complexity index is 580. The predicted octanol–water partition coefficient (Wildman–Crippen LogP) is 3.14. The van der Waals surface area contributed by atoms with Gasteiger partial charge >= 0.3 is 0 Å². The fourth-order valence-electron chi connectivity index (χ4n) is 2.59. The highest BCUT2D eigenvalue weighted by molar-refractivity contribution is 6.34. The van der Waals surface area contributed by atoms with E-state index in [9.17, 15) is 14.9 Å². The smallest absolute Gasteiger partial charge is 0.294 e. The molecule has 1 fully saturated rings. The first-order valence-corrected chi connectivity index (χ1v) is 7.28. The zero-order valence-electron chi connectivity index (χ0n) is 11.8. The molecule has 2 rings (SSSR count). The van der Waals surface area contributed by atoms with Crippen LogP contribution < -0.4 is 11.1 Å². The molecule has 0 heterocycles. The number of nitrogens with one attached hydrogen (secondary N) is 1. The van der Waals surface area contributed by atoms with E-state index in [2.05, 4.69) is 12.2 Å². The van der Waals surface area contributed by atoms with Gasteiger partial charge in [0.15, 0.2) is 0 Å². The number of nitrogen functional groups attached to an aromatic ring is 1. The number of carbonyl (C=O) groups is 1. The number of amides is 1. The van der Waals surface area contributed by atoms with Crippen molar-refractivity contribution in [1.29, 1.82) is 0 Å². The third kappa shape index (κ3) is 3.10. The summed E-state index contributed by atoms with van der Waals surface area (Å²) in [6.07, 6.45) is 4.40. The Labute approximate surface area is 127 Å². The number of hydrogen-bond donors (Lipinski definition) is 2. The summed E-state index contributed by atoms with van der Waals surface area (Å²) in [4.78, 5) is 22.4. The summed E-state index contributed by atoms with van der Waals surface area (Å²) in [6, 6.07) is 2.52. The van der Waals surface area contributed by atoms with Crippen LogP contribution in [0.25, 0.3) is 0 Å². The lowest BCUT2D eigenvalue weighted by atomic mass is 9.67. The van der Waals surface area contributed by atoms with Gasteiger partial charge in [-0.05, 0) is 30.7 Å². The summed E-state index contributed by atoms with van der Waals surface area (Å²) in [7, 11) is 0. The molecular formula is C14H18ClN3O3. The number of nitrogens with zero attached hydrogens (tertiary/aromatic N) is 1. The Morgan fingerprint density at radius 3 is 2.67 bits per heavy atom. The number of rotatable bonds is 5. The molecule has 7 heteroatoms. The van der Waals surface area contributed by atoms with Gasteiger partial charge in [0.1, 0.15) is 5.69 Å². The van der Waals surface area contributed by atoms with Crippen LogP contribution in [-0.4, -0.2) is 17.4 Å². The molecule has 0 radical (unpaired) electrons. The summed E-state index contributed by atoms with van der Waals surface area (Å²) >= 11 is 5.85. The van der Waals surface area contributed by atoms with Crippen molar-refractivity contribution < 1.29 is 9.72 Å². The van der Waals surface area contributed by atoms with E-state index >= 15 is 0 Å². The summed E-state index contributed by atoms with van der Waals surface area (Å²) in [5.41, 5.74) is 5.41. The monoisotopic (exact) mass is 311 g/mol. The lowest BCUT2D eigenvalue weighted by molar-refractivity contribution is -0.383. The third-order valence-corrected chi connectivity index (χ3v) is 4.67. The van der Waals surface area contributed by atoms with Crippen LogP contribution in [0.2, 0.25) is 5.02 Å². The van der Waals surface area contributed by atoms with E-state index in [-0.39, 0.29) is 33.3 Å². The second-order valence-corrected chi connectivity index (χ2v) is 5.94. The average molecular weight is 312 g/mol. The number of nitro groups is 1. The van der Waals surface area contributed by atoms with Gasteiger partial charge in [-0.25, -0.2) is 0 Å². The molecule has 1 aromatic rings. The molecule has 0 bridgehead atoms. The number of anilines is 1. The molecule has 1 aliphatic rings. The highest BCUT2D eigenvalue weighted by Crippen LogP contribution is 2.43. The topological polar surface area (TPSA) is 98.3 Å². The summed E-state index contributed by atoms with van der Waals surface area (Å²) in [5.74, 6) is -0.361. The molecule has 1 amide bonds. The van der Waals surface area contributed by atoms with E-state index < -0.39 is 4.92 Å². The first kappa shape index (κ1) is 15.6. The number of carbonyl (C=O) groups excluding carboxylic acids is 1. The number of hydrogen-bond acceptors (Lipinski definition) is 4. The van der Waals surface area contributed by atoms with E-state index in [1.807, 2.05) is 0 Å². The zero-order chi connectivity index (χ0) is 15.6. The van der Waals surface area contributed by atoms with Gasteiger partial charge in [-0.15, -0.1) is 0 Å². The van der Waals surface area contributed by atoms with Crippen LogP contribution in [0.5, 0.6) is 0 Å². The largest absolute Gasteiger partial charge is 0.392 e. The van der Waals surface area contributed by atoms with Gasteiger partial charge in [0.05, 0.1) is 9.95 Å². The fourth-order valence-corrected chi connectivity index (χ4v) is 2.80. The molecule has 0 aromatic heterocycles. The molecular weight excluding hydrogens is 294 g/mol. The maximum Gasteiger partial charge on any atom is 0.294 e. The molecule has 0 saturated heterocycles. The summed E-state index contributed by atoms with van der Waals surface area (Å²) in [6.45, 7) is 2.69. The molecule has 6 nitrogen and oxygen atoms in total. The van der Waals surface area contributed by atoms with Gasteiger partial charge < -0.3 is 11.1 Å². The van der Waals surface area contributed by atoms with Crippen molar-refractivity contribution in [3.63, 3.8) is 0 Å². The van der Waals surface area contributed by atoms with Crippen molar-refractivity contribution in [2.24, 2.45) is 5.41 Å². The van der Waals surface area contributed by atoms with Crippen LogP contribution in [0.4, 0.5) is 11.4 Å². The van der Waals surface area contributed by atoms with Crippen LogP contribution in [0.15, 0.2) is 12.1 Å². The standard InChI is InChI=1S/C14H18ClN3O3/c1-2-14(4-3-5-14)8-17-13(19)9-6-10(15)12(16)11(7-9)18(20)21/h6-7H,2-5,8,16H2,1H3,(H,17,19). The van der Waals surface area contributed by atoms with Gasteiger partial charge in [-0.3, -0.25) is 14.9 Å². The first-order valence-electron chi connectivity index (χ1n) is 6.90. The van der Waals surface area contributed by atoms with Crippen LogP contribution in [-0.2, 0) is 0 Å². The van der Waals surface area contributed by atoms with Crippen molar-refractivity contribution in [3.8, 4) is 0 Å². The molecule has 1 aromatic carbocycles. The minimum absolute atomic E-state index is 0.0169. The normalized spacial score (nSPS) is 16.1. The van der Waals surface area contributed by atoms with Crippen LogP contribution >= 0.6 is 11.6 Å². The van der Waals surface area contributed by atoms with Crippen molar-refractivity contribution in [2.45, 2.75) is 32.6 Å². The number of nitrogens with two attached hydrogens (primary N) is 1. The number of benzene rings is 1. The molecule has 3 N–H and O–H groups in total. The third-order valence-electron chi connectivity index (χ3n) is 4.35. The van der Waals surface area contributed by atoms with Crippen molar-refractivity contribution in [3.05, 3.63) is 32.8 Å². The summed E-state index contributed by atoms with van der Waals surface area (Å²) < 4.78 is 0. The van der Waals surface area contributed by atoms with E-state index in [4.69, 9.17) is 17.3 Å². The molecule has 1 saturated carbocycles. The van der Waals surface area contributed by atoms with Gasteiger partial charge in [0.25, 0.3) is 11.6 Å².